The maximum absolute atomic E-state index is 11.0. The van der Waals surface area contributed by atoms with Crippen LogP contribution in [0.2, 0.25) is 0 Å². The molecular weight excluding hydrogens is 234 g/mol. The lowest BCUT2D eigenvalue weighted by Crippen LogP contribution is -2.54. The topological polar surface area (TPSA) is 46.2 Å². The number of aliphatic hydroxyl groups is 1. The Balaban J connectivity index is 1.76. The van der Waals surface area contributed by atoms with Gasteiger partial charge in [0.15, 0.2) is 0 Å². The minimum Gasteiger partial charge on any atom is -0.388 e. The molecular formula is C17H31NO. The Morgan fingerprint density at radius 3 is 1.79 bits per heavy atom. The van der Waals surface area contributed by atoms with E-state index in [-0.39, 0.29) is 5.41 Å². The SMILES string of the molecule is CC(C)(C)C(O)(CN)CC1C2CC3CC(C2)CC1C3. The van der Waals surface area contributed by atoms with Gasteiger partial charge in [-0.1, -0.05) is 20.8 Å². The zero-order valence-electron chi connectivity index (χ0n) is 12.9. The zero-order valence-corrected chi connectivity index (χ0v) is 12.9. The van der Waals surface area contributed by atoms with Crippen molar-refractivity contribution in [2.75, 3.05) is 6.54 Å². The van der Waals surface area contributed by atoms with E-state index in [1.165, 1.54) is 32.1 Å². The van der Waals surface area contributed by atoms with E-state index in [1.807, 2.05) is 0 Å². The number of hydrogen-bond donors (Lipinski definition) is 2. The Bertz CT molecular complexity index is 318. The smallest absolute Gasteiger partial charge is 0.0820 e. The van der Waals surface area contributed by atoms with Crippen LogP contribution in [0.15, 0.2) is 0 Å². The van der Waals surface area contributed by atoms with Crippen LogP contribution in [0.3, 0.4) is 0 Å². The van der Waals surface area contributed by atoms with E-state index >= 15 is 0 Å². The Morgan fingerprint density at radius 1 is 0.947 bits per heavy atom. The van der Waals surface area contributed by atoms with Crippen molar-refractivity contribution in [2.24, 2.45) is 40.7 Å². The van der Waals surface area contributed by atoms with Crippen molar-refractivity contribution < 1.29 is 5.11 Å². The molecule has 3 N–H and O–H groups in total. The summed E-state index contributed by atoms with van der Waals surface area (Å²) in [5.74, 6) is 4.53. The Labute approximate surface area is 118 Å². The molecule has 0 amide bonds. The van der Waals surface area contributed by atoms with Crippen LogP contribution in [-0.4, -0.2) is 17.3 Å². The van der Waals surface area contributed by atoms with Gasteiger partial charge in [-0.05, 0) is 73.5 Å². The normalized spacial score (nSPS) is 44.4. The molecule has 1 unspecified atom stereocenters. The predicted molar refractivity (Wildman–Crippen MR) is 78.6 cm³/mol. The second kappa shape index (κ2) is 4.46. The quantitative estimate of drug-likeness (QED) is 0.823. The van der Waals surface area contributed by atoms with E-state index in [4.69, 9.17) is 5.73 Å². The summed E-state index contributed by atoms with van der Waals surface area (Å²) in [5, 5.41) is 11.0. The minimum atomic E-state index is -0.687. The average Bonchev–Trinajstić information content (AvgIpc) is 2.31. The molecule has 0 radical (unpaired) electrons. The first-order valence-corrected chi connectivity index (χ1v) is 8.25. The molecule has 4 bridgehead atoms. The van der Waals surface area contributed by atoms with Gasteiger partial charge in [0.1, 0.15) is 0 Å². The fourth-order valence-electron chi connectivity index (χ4n) is 5.46. The summed E-state index contributed by atoms with van der Waals surface area (Å²) in [6.45, 7) is 6.81. The van der Waals surface area contributed by atoms with Crippen LogP contribution in [-0.2, 0) is 0 Å². The van der Waals surface area contributed by atoms with Gasteiger partial charge in [-0.3, -0.25) is 0 Å². The molecule has 0 aromatic heterocycles. The van der Waals surface area contributed by atoms with Crippen molar-refractivity contribution in [1.29, 1.82) is 0 Å². The summed E-state index contributed by atoms with van der Waals surface area (Å²) in [6.07, 6.45) is 8.16. The van der Waals surface area contributed by atoms with Crippen LogP contribution in [0, 0.1) is 35.0 Å². The molecule has 110 valence electrons. The molecule has 4 aliphatic rings. The molecule has 4 rings (SSSR count). The molecule has 1 atom stereocenters. The van der Waals surface area contributed by atoms with Crippen LogP contribution in [0.5, 0.6) is 0 Å². The van der Waals surface area contributed by atoms with Gasteiger partial charge in [0.25, 0.3) is 0 Å². The molecule has 4 fully saturated rings. The molecule has 2 nitrogen and oxygen atoms in total. The molecule has 4 saturated carbocycles. The van der Waals surface area contributed by atoms with Gasteiger partial charge >= 0.3 is 0 Å². The second-order valence-corrected chi connectivity index (χ2v) is 8.78. The molecule has 0 spiro atoms. The lowest BCUT2D eigenvalue weighted by Gasteiger charge is -2.56. The van der Waals surface area contributed by atoms with Gasteiger partial charge in [0, 0.05) is 6.54 Å². The summed E-state index contributed by atoms with van der Waals surface area (Å²) in [5.41, 5.74) is 5.14. The van der Waals surface area contributed by atoms with E-state index in [9.17, 15) is 5.11 Å². The lowest BCUT2D eigenvalue weighted by molar-refractivity contribution is -0.115. The van der Waals surface area contributed by atoms with Crippen LogP contribution in [0.25, 0.3) is 0 Å². The summed E-state index contributed by atoms with van der Waals surface area (Å²) < 4.78 is 0. The lowest BCUT2D eigenvalue weighted by atomic mass is 9.50. The monoisotopic (exact) mass is 265 g/mol. The molecule has 0 heterocycles. The van der Waals surface area contributed by atoms with Gasteiger partial charge in [0.2, 0.25) is 0 Å². The van der Waals surface area contributed by atoms with Crippen LogP contribution >= 0.6 is 0 Å². The summed E-state index contributed by atoms with van der Waals surface area (Å²) >= 11 is 0. The zero-order chi connectivity index (χ0) is 13.8. The van der Waals surface area contributed by atoms with Crippen molar-refractivity contribution in [2.45, 2.75) is 64.9 Å². The van der Waals surface area contributed by atoms with E-state index in [0.717, 1.165) is 36.0 Å². The summed E-state index contributed by atoms with van der Waals surface area (Å²) in [7, 11) is 0. The second-order valence-electron chi connectivity index (χ2n) is 8.78. The first-order valence-electron chi connectivity index (χ1n) is 8.25. The molecule has 4 aliphatic carbocycles. The van der Waals surface area contributed by atoms with E-state index < -0.39 is 5.60 Å². The first-order chi connectivity index (χ1) is 8.82. The summed E-state index contributed by atoms with van der Waals surface area (Å²) in [4.78, 5) is 0. The van der Waals surface area contributed by atoms with E-state index in [2.05, 4.69) is 20.8 Å². The van der Waals surface area contributed by atoms with Crippen molar-refractivity contribution >= 4 is 0 Å². The third-order valence-corrected chi connectivity index (χ3v) is 6.73. The molecule has 0 aromatic carbocycles. The maximum Gasteiger partial charge on any atom is 0.0820 e. The highest BCUT2D eigenvalue weighted by Gasteiger charge is 2.51. The Morgan fingerprint density at radius 2 is 1.42 bits per heavy atom. The highest BCUT2D eigenvalue weighted by molar-refractivity contribution is 5.02. The third kappa shape index (κ3) is 2.25. The van der Waals surface area contributed by atoms with E-state index in [0.29, 0.717) is 6.54 Å². The number of rotatable bonds is 3. The Kier molecular flexibility index (Phi) is 3.26. The fourth-order valence-corrected chi connectivity index (χ4v) is 5.46. The van der Waals surface area contributed by atoms with Crippen LogP contribution in [0.1, 0.15) is 59.3 Å². The van der Waals surface area contributed by atoms with Gasteiger partial charge in [-0.2, -0.15) is 0 Å². The van der Waals surface area contributed by atoms with E-state index in [1.54, 1.807) is 0 Å². The van der Waals surface area contributed by atoms with Gasteiger partial charge in [-0.15, -0.1) is 0 Å². The van der Waals surface area contributed by atoms with Crippen LogP contribution < -0.4 is 5.73 Å². The van der Waals surface area contributed by atoms with Crippen molar-refractivity contribution in [3.05, 3.63) is 0 Å². The molecule has 0 saturated heterocycles. The third-order valence-electron chi connectivity index (χ3n) is 6.73. The Hall–Kier alpha value is -0.0800. The molecule has 0 aliphatic heterocycles. The fraction of sp³-hybridized carbons (Fsp3) is 1.00. The standard InChI is InChI=1S/C17H31NO/c1-16(2,3)17(19,10-18)9-15-13-5-11-4-12(7-13)8-14(15)6-11/h11-15,19H,4-10,18H2,1-3H3. The van der Waals surface area contributed by atoms with Gasteiger partial charge in [0.05, 0.1) is 5.60 Å². The highest BCUT2D eigenvalue weighted by Crippen LogP contribution is 2.58. The van der Waals surface area contributed by atoms with Gasteiger partial charge < -0.3 is 10.8 Å². The number of nitrogens with two attached hydrogens (primary N) is 1. The first kappa shape index (κ1) is 13.9. The van der Waals surface area contributed by atoms with Crippen molar-refractivity contribution in [3.63, 3.8) is 0 Å². The van der Waals surface area contributed by atoms with Crippen molar-refractivity contribution in [3.8, 4) is 0 Å². The summed E-state index contributed by atoms with van der Waals surface area (Å²) in [6, 6.07) is 0. The molecule has 0 aromatic rings. The number of hydrogen-bond acceptors (Lipinski definition) is 2. The predicted octanol–water partition coefficient (Wildman–Crippen LogP) is 3.18. The van der Waals surface area contributed by atoms with Gasteiger partial charge in [-0.25, -0.2) is 0 Å². The largest absolute Gasteiger partial charge is 0.388 e. The van der Waals surface area contributed by atoms with Crippen molar-refractivity contribution in [1.82, 2.24) is 0 Å². The molecule has 2 heteroatoms. The molecule has 19 heavy (non-hydrogen) atoms. The highest BCUT2D eigenvalue weighted by atomic mass is 16.3. The average molecular weight is 265 g/mol. The maximum atomic E-state index is 11.0. The minimum absolute atomic E-state index is 0.115. The van der Waals surface area contributed by atoms with Crippen LogP contribution in [0.4, 0.5) is 0 Å².